The fraction of sp³-hybridized carbons (Fsp3) is 0.0714. The number of phenolic OH excluding ortho intramolecular Hbond substituents is 1. The average molecular weight is 258 g/mol. The van der Waals surface area contributed by atoms with Gasteiger partial charge in [-0.15, -0.1) is 0 Å². The van der Waals surface area contributed by atoms with Crippen LogP contribution in [0.3, 0.4) is 0 Å². The summed E-state index contributed by atoms with van der Waals surface area (Å²) in [7, 11) is 1.50. The number of benzene rings is 2. The molecule has 0 aliphatic carbocycles. The largest absolute Gasteiger partial charge is 0.507 e. The number of ether oxygens (including phenoxy) is 1. The summed E-state index contributed by atoms with van der Waals surface area (Å²) in [5.74, 6) is 0.591. The minimum absolute atomic E-state index is 0.0935. The highest BCUT2D eigenvalue weighted by Gasteiger charge is 2.11. The van der Waals surface area contributed by atoms with Crippen LogP contribution in [0.4, 0.5) is 5.69 Å². The number of carbonyl (C=O) groups is 1. The summed E-state index contributed by atoms with van der Waals surface area (Å²) in [6.45, 7) is 0. The molecule has 0 saturated carbocycles. The average Bonchev–Trinajstić information content (AvgIpc) is 2.42. The molecule has 98 valence electrons. The number of nitrogens with two attached hydrogens (primary N) is 1. The summed E-state index contributed by atoms with van der Waals surface area (Å²) >= 11 is 0. The van der Waals surface area contributed by atoms with Gasteiger partial charge in [-0.1, -0.05) is 0 Å². The van der Waals surface area contributed by atoms with Crippen LogP contribution >= 0.6 is 0 Å². The minimum atomic E-state index is -0.375. The highest BCUT2D eigenvalue weighted by Crippen LogP contribution is 2.27. The molecule has 0 aliphatic heterocycles. The molecule has 0 atom stereocenters. The number of rotatable bonds is 3. The second kappa shape index (κ2) is 5.30. The van der Waals surface area contributed by atoms with Crippen molar-refractivity contribution in [2.24, 2.45) is 0 Å². The molecule has 2 aromatic carbocycles. The summed E-state index contributed by atoms with van der Waals surface area (Å²) in [5.41, 5.74) is 6.39. The van der Waals surface area contributed by atoms with E-state index < -0.39 is 0 Å². The van der Waals surface area contributed by atoms with Crippen LogP contribution in [0.25, 0.3) is 0 Å². The second-order valence-corrected chi connectivity index (χ2v) is 3.93. The molecule has 2 aromatic rings. The summed E-state index contributed by atoms with van der Waals surface area (Å²) in [4.78, 5) is 11.5. The highest BCUT2D eigenvalue weighted by molar-refractivity contribution is 5.97. The van der Waals surface area contributed by atoms with Gasteiger partial charge in [0.2, 0.25) is 0 Å². The number of hydrogen-bond acceptors (Lipinski definition) is 4. The molecular formula is C14H14N2O3. The second-order valence-electron chi connectivity index (χ2n) is 3.93. The van der Waals surface area contributed by atoms with Gasteiger partial charge in [-0.05, 0) is 42.5 Å². The summed E-state index contributed by atoms with van der Waals surface area (Å²) in [5, 5.41) is 12.1. The number of hydrogen-bond donors (Lipinski definition) is 3. The standard InChI is InChI=1S/C14H14N2O3/c1-16-14(18)12-8-11(6-7-13(12)17)19-10-4-2-9(15)3-5-10/h2-8,17H,15H2,1H3,(H,16,18). The molecule has 0 aromatic heterocycles. The van der Waals surface area contributed by atoms with E-state index in [0.717, 1.165) is 0 Å². The fourth-order valence-electron chi connectivity index (χ4n) is 1.57. The first-order chi connectivity index (χ1) is 9.10. The topological polar surface area (TPSA) is 84.6 Å². The molecule has 19 heavy (non-hydrogen) atoms. The molecule has 2 rings (SSSR count). The Balaban J connectivity index is 2.26. The lowest BCUT2D eigenvalue weighted by molar-refractivity contribution is 0.0960. The molecule has 0 aliphatic rings. The van der Waals surface area contributed by atoms with Crippen LogP contribution in [0.1, 0.15) is 10.4 Å². The Hall–Kier alpha value is -2.69. The van der Waals surface area contributed by atoms with Gasteiger partial charge < -0.3 is 20.9 Å². The Labute approximate surface area is 110 Å². The van der Waals surface area contributed by atoms with Crippen molar-refractivity contribution < 1.29 is 14.6 Å². The number of phenols is 1. The predicted octanol–water partition coefficient (Wildman–Crippen LogP) is 2.13. The highest BCUT2D eigenvalue weighted by atomic mass is 16.5. The number of nitrogens with one attached hydrogen (secondary N) is 1. The molecule has 0 fully saturated rings. The molecule has 5 heteroatoms. The zero-order chi connectivity index (χ0) is 13.8. The van der Waals surface area contributed by atoms with Crippen LogP contribution in [0, 0.1) is 0 Å². The van der Waals surface area contributed by atoms with Crippen LogP contribution < -0.4 is 15.8 Å². The maximum Gasteiger partial charge on any atom is 0.254 e. The third-order valence-corrected chi connectivity index (χ3v) is 2.56. The normalized spacial score (nSPS) is 9.95. The van der Waals surface area contributed by atoms with Gasteiger partial charge in [0.15, 0.2) is 0 Å². The Morgan fingerprint density at radius 3 is 2.42 bits per heavy atom. The van der Waals surface area contributed by atoms with E-state index in [0.29, 0.717) is 17.2 Å². The zero-order valence-corrected chi connectivity index (χ0v) is 10.4. The van der Waals surface area contributed by atoms with Gasteiger partial charge in [-0.25, -0.2) is 0 Å². The first-order valence-corrected chi connectivity index (χ1v) is 5.68. The lowest BCUT2D eigenvalue weighted by Crippen LogP contribution is -2.17. The van der Waals surface area contributed by atoms with E-state index in [-0.39, 0.29) is 17.2 Å². The van der Waals surface area contributed by atoms with Crippen LogP contribution in [-0.4, -0.2) is 18.1 Å². The van der Waals surface area contributed by atoms with Crippen molar-refractivity contribution in [1.29, 1.82) is 0 Å². The smallest absolute Gasteiger partial charge is 0.254 e. The SMILES string of the molecule is CNC(=O)c1cc(Oc2ccc(N)cc2)ccc1O. The quantitative estimate of drug-likeness (QED) is 0.736. The molecule has 0 radical (unpaired) electrons. The Kier molecular flexibility index (Phi) is 3.56. The van der Waals surface area contributed by atoms with Gasteiger partial charge in [0.1, 0.15) is 17.2 Å². The molecule has 0 bridgehead atoms. The first kappa shape index (κ1) is 12.8. The molecule has 0 heterocycles. The van der Waals surface area contributed by atoms with E-state index in [2.05, 4.69) is 5.32 Å². The van der Waals surface area contributed by atoms with Gasteiger partial charge >= 0.3 is 0 Å². The number of aromatic hydroxyl groups is 1. The molecule has 5 nitrogen and oxygen atoms in total. The Bertz CT molecular complexity index is 594. The minimum Gasteiger partial charge on any atom is -0.507 e. The Morgan fingerprint density at radius 1 is 1.16 bits per heavy atom. The van der Waals surface area contributed by atoms with Crippen LogP contribution in [0.2, 0.25) is 0 Å². The van der Waals surface area contributed by atoms with Crippen molar-refractivity contribution in [3.8, 4) is 17.2 Å². The Morgan fingerprint density at radius 2 is 1.79 bits per heavy atom. The van der Waals surface area contributed by atoms with Crippen molar-refractivity contribution in [1.82, 2.24) is 5.32 Å². The van der Waals surface area contributed by atoms with E-state index in [1.165, 1.54) is 19.2 Å². The van der Waals surface area contributed by atoms with Gasteiger partial charge in [0.05, 0.1) is 5.56 Å². The van der Waals surface area contributed by atoms with Crippen molar-refractivity contribution in [2.45, 2.75) is 0 Å². The maximum atomic E-state index is 11.5. The van der Waals surface area contributed by atoms with E-state index in [1.54, 1.807) is 30.3 Å². The fourth-order valence-corrected chi connectivity index (χ4v) is 1.57. The molecule has 0 unspecified atom stereocenters. The first-order valence-electron chi connectivity index (χ1n) is 5.68. The summed E-state index contributed by atoms with van der Waals surface area (Å²) in [6, 6.07) is 11.4. The predicted molar refractivity (Wildman–Crippen MR) is 72.4 cm³/mol. The van der Waals surface area contributed by atoms with Crippen molar-refractivity contribution in [3.63, 3.8) is 0 Å². The molecule has 1 amide bonds. The monoisotopic (exact) mass is 258 g/mol. The van der Waals surface area contributed by atoms with Crippen molar-refractivity contribution >= 4 is 11.6 Å². The van der Waals surface area contributed by atoms with E-state index >= 15 is 0 Å². The van der Waals surface area contributed by atoms with Gasteiger partial charge in [-0.2, -0.15) is 0 Å². The number of anilines is 1. The zero-order valence-electron chi connectivity index (χ0n) is 10.4. The lowest BCUT2D eigenvalue weighted by atomic mass is 10.2. The molecular weight excluding hydrogens is 244 g/mol. The summed E-state index contributed by atoms with van der Waals surface area (Å²) in [6.07, 6.45) is 0. The van der Waals surface area contributed by atoms with E-state index in [1.807, 2.05) is 0 Å². The molecule has 4 N–H and O–H groups in total. The maximum absolute atomic E-state index is 11.5. The van der Waals surface area contributed by atoms with Crippen LogP contribution in [0.5, 0.6) is 17.2 Å². The van der Waals surface area contributed by atoms with Crippen LogP contribution in [0.15, 0.2) is 42.5 Å². The summed E-state index contributed by atoms with van der Waals surface area (Å²) < 4.78 is 5.58. The van der Waals surface area contributed by atoms with Gasteiger partial charge in [-0.3, -0.25) is 4.79 Å². The molecule has 0 spiro atoms. The van der Waals surface area contributed by atoms with E-state index in [9.17, 15) is 9.90 Å². The van der Waals surface area contributed by atoms with Gasteiger partial charge in [0, 0.05) is 12.7 Å². The lowest BCUT2D eigenvalue weighted by Gasteiger charge is -2.09. The number of nitrogen functional groups attached to an aromatic ring is 1. The van der Waals surface area contributed by atoms with Crippen molar-refractivity contribution in [2.75, 3.05) is 12.8 Å². The third kappa shape index (κ3) is 2.95. The number of carbonyl (C=O) groups excluding carboxylic acids is 1. The molecule has 0 saturated heterocycles. The number of amides is 1. The van der Waals surface area contributed by atoms with E-state index in [4.69, 9.17) is 10.5 Å². The van der Waals surface area contributed by atoms with Crippen LogP contribution in [-0.2, 0) is 0 Å². The van der Waals surface area contributed by atoms with Crippen molar-refractivity contribution in [3.05, 3.63) is 48.0 Å². The van der Waals surface area contributed by atoms with Gasteiger partial charge in [0.25, 0.3) is 5.91 Å². The third-order valence-electron chi connectivity index (χ3n) is 2.56.